The number of aryl methyl sites for hydroxylation is 1. The molecule has 192 valence electrons. The molecule has 1 saturated heterocycles. The molecular formula is C27H28FN5O3S. The molecule has 1 aromatic carbocycles. The van der Waals surface area contributed by atoms with Crippen LogP contribution in [0.3, 0.4) is 0 Å². The standard InChI is InChI=1S/C27H28FN5O3S/c1-16(2)26-31-23(19-4-6-20(28)7-5-19)24(36-26)25(34)32-27-30-21(15-37-27)22-17(3)12-18(13-29-22)14-33-8-10-35-11-9-33/h4-7,12-13,15-16H,8-11,14H2,1-3H3,(H,30,32,34). The molecule has 0 radical (unpaired) electrons. The molecule has 4 aromatic rings. The van der Waals surface area contributed by atoms with Crippen molar-refractivity contribution in [3.63, 3.8) is 0 Å². The molecule has 1 fully saturated rings. The van der Waals surface area contributed by atoms with Gasteiger partial charge < -0.3 is 9.15 Å². The summed E-state index contributed by atoms with van der Waals surface area (Å²) in [4.78, 5) is 29.3. The van der Waals surface area contributed by atoms with Crippen molar-refractivity contribution >= 4 is 22.4 Å². The number of thiazole rings is 1. The molecule has 10 heteroatoms. The molecule has 0 spiro atoms. The molecule has 5 rings (SSSR count). The van der Waals surface area contributed by atoms with Crippen molar-refractivity contribution < 1.29 is 18.3 Å². The van der Waals surface area contributed by atoms with E-state index >= 15 is 0 Å². The van der Waals surface area contributed by atoms with Crippen LogP contribution >= 0.6 is 11.3 Å². The molecule has 0 saturated carbocycles. The van der Waals surface area contributed by atoms with E-state index < -0.39 is 5.91 Å². The van der Waals surface area contributed by atoms with E-state index in [-0.39, 0.29) is 17.5 Å². The second-order valence-electron chi connectivity index (χ2n) is 9.28. The monoisotopic (exact) mass is 521 g/mol. The highest BCUT2D eigenvalue weighted by molar-refractivity contribution is 7.14. The molecule has 0 atom stereocenters. The lowest BCUT2D eigenvalue weighted by molar-refractivity contribution is 0.0341. The molecule has 4 heterocycles. The molecule has 0 aliphatic carbocycles. The van der Waals surface area contributed by atoms with Gasteiger partial charge in [-0.1, -0.05) is 19.9 Å². The summed E-state index contributed by atoms with van der Waals surface area (Å²) in [7, 11) is 0. The third-order valence-electron chi connectivity index (χ3n) is 6.07. The lowest BCUT2D eigenvalue weighted by atomic mass is 10.1. The first-order valence-corrected chi connectivity index (χ1v) is 13.0. The average Bonchev–Trinajstić information content (AvgIpc) is 3.53. The third-order valence-corrected chi connectivity index (χ3v) is 6.83. The molecule has 3 aromatic heterocycles. The van der Waals surface area contributed by atoms with E-state index in [4.69, 9.17) is 9.15 Å². The quantitative estimate of drug-likeness (QED) is 0.342. The second-order valence-corrected chi connectivity index (χ2v) is 10.1. The van der Waals surface area contributed by atoms with Crippen LogP contribution in [0.5, 0.6) is 0 Å². The van der Waals surface area contributed by atoms with Gasteiger partial charge >= 0.3 is 0 Å². The molecule has 1 N–H and O–H groups in total. The van der Waals surface area contributed by atoms with Crippen molar-refractivity contribution in [2.75, 3.05) is 31.6 Å². The summed E-state index contributed by atoms with van der Waals surface area (Å²) < 4.78 is 24.7. The lowest BCUT2D eigenvalue weighted by Gasteiger charge is -2.26. The van der Waals surface area contributed by atoms with Crippen LogP contribution in [0.4, 0.5) is 9.52 Å². The van der Waals surface area contributed by atoms with E-state index in [0.717, 1.165) is 49.7 Å². The van der Waals surface area contributed by atoms with Crippen LogP contribution in [0, 0.1) is 12.7 Å². The number of anilines is 1. The highest BCUT2D eigenvalue weighted by Gasteiger charge is 2.24. The number of aromatic nitrogens is 3. The number of rotatable bonds is 7. The van der Waals surface area contributed by atoms with Crippen molar-refractivity contribution in [3.05, 3.63) is 70.5 Å². The zero-order chi connectivity index (χ0) is 25.9. The minimum atomic E-state index is -0.467. The minimum Gasteiger partial charge on any atom is -0.435 e. The van der Waals surface area contributed by atoms with Gasteiger partial charge in [-0.15, -0.1) is 11.3 Å². The summed E-state index contributed by atoms with van der Waals surface area (Å²) in [5, 5.41) is 5.11. The SMILES string of the molecule is Cc1cc(CN2CCOCC2)cnc1-c1csc(NC(=O)c2oc(C(C)C)nc2-c2ccc(F)cc2)n1. The van der Waals surface area contributed by atoms with Crippen LogP contribution in [0.25, 0.3) is 22.6 Å². The number of nitrogens with zero attached hydrogens (tertiary/aromatic N) is 4. The van der Waals surface area contributed by atoms with Crippen molar-refractivity contribution in [1.82, 2.24) is 19.9 Å². The van der Waals surface area contributed by atoms with Crippen LogP contribution < -0.4 is 5.32 Å². The fourth-order valence-electron chi connectivity index (χ4n) is 4.14. The van der Waals surface area contributed by atoms with Gasteiger partial charge in [0.25, 0.3) is 5.91 Å². The average molecular weight is 522 g/mol. The highest BCUT2D eigenvalue weighted by Crippen LogP contribution is 2.30. The van der Waals surface area contributed by atoms with Gasteiger partial charge in [-0.3, -0.25) is 20.0 Å². The Balaban J connectivity index is 1.33. The Morgan fingerprint density at radius 2 is 1.92 bits per heavy atom. The molecule has 1 aliphatic heterocycles. The zero-order valence-electron chi connectivity index (χ0n) is 21.0. The second kappa shape index (κ2) is 10.9. The van der Waals surface area contributed by atoms with Gasteiger partial charge in [-0.2, -0.15) is 0 Å². The van der Waals surface area contributed by atoms with Gasteiger partial charge in [0.1, 0.15) is 17.2 Å². The number of hydrogen-bond acceptors (Lipinski definition) is 8. The third kappa shape index (κ3) is 5.76. The number of ether oxygens (including phenoxy) is 1. The molecule has 1 amide bonds. The molecular weight excluding hydrogens is 493 g/mol. The van der Waals surface area contributed by atoms with Crippen LogP contribution in [0.1, 0.15) is 47.3 Å². The summed E-state index contributed by atoms with van der Waals surface area (Å²) in [5.41, 5.74) is 4.59. The van der Waals surface area contributed by atoms with Gasteiger partial charge in [0.05, 0.1) is 18.9 Å². The number of morpholine rings is 1. The fourth-order valence-corrected chi connectivity index (χ4v) is 4.83. The largest absolute Gasteiger partial charge is 0.435 e. The normalized spacial score (nSPS) is 14.3. The van der Waals surface area contributed by atoms with Crippen molar-refractivity contribution in [3.8, 4) is 22.6 Å². The van der Waals surface area contributed by atoms with E-state index in [1.165, 1.54) is 23.5 Å². The summed E-state index contributed by atoms with van der Waals surface area (Å²) in [6.07, 6.45) is 1.88. The Morgan fingerprint density at radius 3 is 2.62 bits per heavy atom. The van der Waals surface area contributed by atoms with Gasteiger partial charge in [-0.05, 0) is 42.3 Å². The van der Waals surface area contributed by atoms with E-state index in [1.807, 2.05) is 32.3 Å². The Morgan fingerprint density at radius 1 is 1.16 bits per heavy atom. The lowest BCUT2D eigenvalue weighted by Crippen LogP contribution is -2.35. The first-order chi connectivity index (χ1) is 17.9. The predicted molar refractivity (Wildman–Crippen MR) is 140 cm³/mol. The Hall–Kier alpha value is -3.47. The number of hydrogen-bond donors (Lipinski definition) is 1. The van der Waals surface area contributed by atoms with E-state index in [0.29, 0.717) is 28.0 Å². The summed E-state index contributed by atoms with van der Waals surface area (Å²) >= 11 is 1.31. The number of nitrogens with one attached hydrogen (secondary N) is 1. The van der Waals surface area contributed by atoms with Crippen molar-refractivity contribution in [2.45, 2.75) is 33.2 Å². The van der Waals surface area contributed by atoms with E-state index in [1.54, 1.807) is 12.1 Å². The summed E-state index contributed by atoms with van der Waals surface area (Å²) in [5.74, 6) is -0.358. The maximum atomic E-state index is 13.4. The van der Waals surface area contributed by atoms with Gasteiger partial charge in [0.2, 0.25) is 5.76 Å². The Kier molecular flexibility index (Phi) is 7.40. The van der Waals surface area contributed by atoms with E-state index in [2.05, 4.69) is 31.2 Å². The summed E-state index contributed by atoms with van der Waals surface area (Å²) in [6, 6.07) is 7.94. The number of halogens is 1. The molecule has 0 unspecified atom stereocenters. The Bertz CT molecular complexity index is 1390. The number of pyridine rings is 1. The number of benzene rings is 1. The predicted octanol–water partition coefficient (Wildman–Crippen LogP) is 5.52. The highest BCUT2D eigenvalue weighted by atomic mass is 32.1. The molecule has 37 heavy (non-hydrogen) atoms. The number of oxazole rings is 1. The zero-order valence-corrected chi connectivity index (χ0v) is 21.8. The van der Waals surface area contributed by atoms with Crippen LogP contribution in [-0.2, 0) is 11.3 Å². The van der Waals surface area contributed by atoms with Gasteiger partial charge in [0.15, 0.2) is 11.0 Å². The molecule has 8 nitrogen and oxygen atoms in total. The van der Waals surface area contributed by atoms with Crippen LogP contribution in [0.15, 0.2) is 46.3 Å². The topological polar surface area (TPSA) is 93.4 Å². The van der Waals surface area contributed by atoms with Gasteiger partial charge in [-0.25, -0.2) is 14.4 Å². The number of carbonyl (C=O) groups excluding carboxylic acids is 1. The number of carbonyl (C=O) groups is 1. The first-order valence-electron chi connectivity index (χ1n) is 12.2. The Labute approximate surface area is 218 Å². The van der Waals surface area contributed by atoms with Crippen LogP contribution in [-0.4, -0.2) is 52.1 Å². The maximum Gasteiger partial charge on any atom is 0.295 e. The fraction of sp³-hybridized carbons (Fsp3) is 0.333. The maximum absolute atomic E-state index is 13.4. The van der Waals surface area contributed by atoms with Crippen LogP contribution in [0.2, 0.25) is 0 Å². The molecule has 1 aliphatic rings. The van der Waals surface area contributed by atoms with E-state index in [9.17, 15) is 9.18 Å². The molecule has 0 bridgehead atoms. The minimum absolute atomic E-state index is 0.0209. The summed E-state index contributed by atoms with van der Waals surface area (Å²) in [6.45, 7) is 10.1. The van der Waals surface area contributed by atoms with Crippen molar-refractivity contribution in [2.24, 2.45) is 0 Å². The smallest absolute Gasteiger partial charge is 0.295 e. The van der Waals surface area contributed by atoms with Gasteiger partial charge in [0, 0.05) is 42.7 Å². The first kappa shape index (κ1) is 25.2. The van der Waals surface area contributed by atoms with Crippen molar-refractivity contribution in [1.29, 1.82) is 0 Å². The number of amides is 1.